The van der Waals surface area contributed by atoms with Gasteiger partial charge in [-0.1, -0.05) is 28.4 Å². The summed E-state index contributed by atoms with van der Waals surface area (Å²) >= 11 is 3.57. The minimum Gasteiger partial charge on any atom is -0.312 e. The fourth-order valence-electron chi connectivity index (χ4n) is 2.17. The average Bonchev–Trinajstić information content (AvgIpc) is 2.15. The second-order valence-corrected chi connectivity index (χ2v) is 5.14. The quantitative estimate of drug-likeness (QED) is 0.774. The lowest BCUT2D eigenvalue weighted by Gasteiger charge is -2.41. The van der Waals surface area contributed by atoms with Gasteiger partial charge in [-0.2, -0.15) is 0 Å². The number of aryl methyl sites for hydroxylation is 1. The first-order valence-corrected chi connectivity index (χ1v) is 6.51. The maximum Gasteiger partial charge on any atom is 0.250 e. The van der Waals surface area contributed by atoms with Crippen molar-refractivity contribution in [1.29, 1.82) is 0 Å². The highest BCUT2D eigenvalue weighted by Crippen LogP contribution is 2.43. The number of hydrogen-bond acceptors (Lipinski definition) is 1. The molecule has 82 valence electrons. The molecule has 0 spiro atoms. The summed E-state index contributed by atoms with van der Waals surface area (Å²) in [5.74, 6) is 0. The first-order chi connectivity index (χ1) is 7.17. The predicted octanol–water partition coefficient (Wildman–Crippen LogP) is 2.72. The third kappa shape index (κ3) is 2.03. The molecule has 0 aromatic carbocycles. The Morgan fingerprint density at radius 3 is 2.67 bits per heavy atom. The second-order valence-electron chi connectivity index (χ2n) is 4.58. The van der Waals surface area contributed by atoms with E-state index in [1.54, 1.807) is 6.07 Å². The Morgan fingerprint density at radius 1 is 1.47 bits per heavy atom. The number of halogens is 1. The van der Waals surface area contributed by atoms with E-state index in [0.717, 1.165) is 17.6 Å². The van der Waals surface area contributed by atoms with Gasteiger partial charge in [0.1, 0.15) is 0 Å². The minimum atomic E-state index is 0.127. The van der Waals surface area contributed by atoms with E-state index in [4.69, 9.17) is 0 Å². The van der Waals surface area contributed by atoms with Crippen LogP contribution in [0.2, 0.25) is 0 Å². The third-order valence-corrected chi connectivity index (χ3v) is 4.65. The molecule has 1 aliphatic rings. The molecule has 1 aromatic heterocycles. The molecule has 2 nitrogen and oxygen atoms in total. The van der Waals surface area contributed by atoms with Crippen LogP contribution in [0.3, 0.4) is 0 Å². The minimum absolute atomic E-state index is 0.127. The fourth-order valence-corrected chi connectivity index (χ4v) is 2.91. The lowest BCUT2D eigenvalue weighted by Crippen LogP contribution is -2.39. The zero-order valence-corrected chi connectivity index (χ0v) is 10.6. The number of hydrogen-bond donors (Lipinski definition) is 0. The van der Waals surface area contributed by atoms with Crippen LogP contribution in [-0.2, 0) is 6.54 Å². The van der Waals surface area contributed by atoms with Gasteiger partial charge in [-0.15, -0.1) is 0 Å². The van der Waals surface area contributed by atoms with Crippen molar-refractivity contribution in [3.05, 3.63) is 34.2 Å². The van der Waals surface area contributed by atoms with E-state index in [1.807, 2.05) is 23.6 Å². The summed E-state index contributed by atoms with van der Waals surface area (Å²) < 4.78 is 1.90. The van der Waals surface area contributed by atoms with Crippen molar-refractivity contribution >= 4 is 15.9 Å². The van der Waals surface area contributed by atoms with Crippen LogP contribution in [0.5, 0.6) is 0 Å². The topological polar surface area (TPSA) is 22.0 Å². The lowest BCUT2D eigenvalue weighted by atomic mass is 9.70. The smallest absolute Gasteiger partial charge is 0.250 e. The molecule has 0 amide bonds. The highest BCUT2D eigenvalue weighted by molar-refractivity contribution is 9.09. The Bertz CT molecular complexity index is 401. The van der Waals surface area contributed by atoms with Crippen LogP contribution in [0.25, 0.3) is 0 Å². The van der Waals surface area contributed by atoms with Gasteiger partial charge in [0.2, 0.25) is 0 Å². The lowest BCUT2D eigenvalue weighted by molar-refractivity contribution is 0.137. The Morgan fingerprint density at radius 2 is 2.20 bits per heavy atom. The number of aromatic nitrogens is 1. The molecule has 0 saturated heterocycles. The third-order valence-electron chi connectivity index (χ3n) is 3.46. The first kappa shape index (κ1) is 10.9. The van der Waals surface area contributed by atoms with Gasteiger partial charge >= 0.3 is 0 Å². The van der Waals surface area contributed by atoms with Crippen molar-refractivity contribution in [2.24, 2.45) is 5.41 Å². The molecule has 0 N–H and O–H groups in total. The van der Waals surface area contributed by atoms with Crippen LogP contribution in [0, 0.1) is 12.3 Å². The van der Waals surface area contributed by atoms with E-state index in [9.17, 15) is 4.79 Å². The average molecular weight is 270 g/mol. The van der Waals surface area contributed by atoms with Gasteiger partial charge in [0.25, 0.3) is 5.56 Å². The number of pyridine rings is 1. The fraction of sp³-hybridized carbons (Fsp3) is 0.583. The molecule has 15 heavy (non-hydrogen) atoms. The highest BCUT2D eigenvalue weighted by atomic mass is 79.9. The SMILES string of the molecule is Cc1cccc(=O)n1CC1(CBr)CCC1. The maximum absolute atomic E-state index is 11.7. The normalized spacial score (nSPS) is 18.5. The van der Waals surface area contributed by atoms with Gasteiger partial charge in [0.15, 0.2) is 0 Å². The summed E-state index contributed by atoms with van der Waals surface area (Å²) in [5.41, 5.74) is 1.52. The maximum atomic E-state index is 11.7. The van der Waals surface area contributed by atoms with Crippen molar-refractivity contribution in [1.82, 2.24) is 4.57 Å². The van der Waals surface area contributed by atoms with Crippen molar-refractivity contribution in [2.45, 2.75) is 32.7 Å². The van der Waals surface area contributed by atoms with E-state index in [-0.39, 0.29) is 5.56 Å². The highest BCUT2D eigenvalue weighted by Gasteiger charge is 2.36. The summed E-state index contributed by atoms with van der Waals surface area (Å²) in [6, 6.07) is 5.48. The summed E-state index contributed by atoms with van der Waals surface area (Å²) in [5, 5.41) is 1.00. The van der Waals surface area contributed by atoms with E-state index in [2.05, 4.69) is 15.9 Å². The van der Waals surface area contributed by atoms with Crippen LogP contribution in [0.15, 0.2) is 23.0 Å². The van der Waals surface area contributed by atoms with Gasteiger partial charge in [-0.25, -0.2) is 0 Å². The number of rotatable bonds is 3. The second kappa shape index (κ2) is 4.12. The van der Waals surface area contributed by atoms with Crippen molar-refractivity contribution in [2.75, 3.05) is 5.33 Å². The van der Waals surface area contributed by atoms with E-state index in [1.165, 1.54) is 19.3 Å². The van der Waals surface area contributed by atoms with Crippen LogP contribution in [0.4, 0.5) is 0 Å². The zero-order valence-electron chi connectivity index (χ0n) is 9.00. The molecule has 2 rings (SSSR count). The molecule has 3 heteroatoms. The van der Waals surface area contributed by atoms with E-state index in [0.29, 0.717) is 5.41 Å². The molecule has 0 radical (unpaired) electrons. The van der Waals surface area contributed by atoms with Gasteiger partial charge in [0.05, 0.1) is 0 Å². The van der Waals surface area contributed by atoms with Gasteiger partial charge < -0.3 is 4.57 Å². The standard InChI is InChI=1S/C12H16BrNO/c1-10-4-2-5-11(15)14(10)9-12(8-13)6-3-7-12/h2,4-5H,3,6-9H2,1H3. The number of alkyl halides is 1. The summed E-state index contributed by atoms with van der Waals surface area (Å²) in [6.07, 6.45) is 3.77. The van der Waals surface area contributed by atoms with E-state index < -0.39 is 0 Å². The molecular formula is C12H16BrNO. The molecule has 1 fully saturated rings. The largest absolute Gasteiger partial charge is 0.312 e. The monoisotopic (exact) mass is 269 g/mol. The van der Waals surface area contributed by atoms with Crippen LogP contribution in [0.1, 0.15) is 25.0 Å². The van der Waals surface area contributed by atoms with E-state index >= 15 is 0 Å². The molecule has 1 saturated carbocycles. The Balaban J connectivity index is 2.27. The Kier molecular flexibility index (Phi) is 3.01. The van der Waals surface area contributed by atoms with Gasteiger partial charge in [0, 0.05) is 23.6 Å². The van der Waals surface area contributed by atoms with Crippen molar-refractivity contribution in [3.63, 3.8) is 0 Å². The van der Waals surface area contributed by atoms with Crippen LogP contribution in [-0.4, -0.2) is 9.90 Å². The predicted molar refractivity (Wildman–Crippen MR) is 65.5 cm³/mol. The summed E-state index contributed by atoms with van der Waals surface area (Å²) in [6.45, 7) is 2.87. The zero-order chi connectivity index (χ0) is 10.9. The molecule has 1 aromatic rings. The van der Waals surface area contributed by atoms with Crippen LogP contribution < -0.4 is 5.56 Å². The summed E-state index contributed by atoms with van der Waals surface area (Å²) in [7, 11) is 0. The molecule has 1 aliphatic carbocycles. The Labute approximate surface area is 98.4 Å². The van der Waals surface area contributed by atoms with Crippen LogP contribution >= 0.6 is 15.9 Å². The number of nitrogens with zero attached hydrogens (tertiary/aromatic N) is 1. The molecule has 0 bridgehead atoms. The first-order valence-electron chi connectivity index (χ1n) is 5.39. The van der Waals surface area contributed by atoms with Gasteiger partial charge in [-0.05, 0) is 31.2 Å². The van der Waals surface area contributed by atoms with Gasteiger partial charge in [-0.3, -0.25) is 4.79 Å². The molecule has 0 aliphatic heterocycles. The summed E-state index contributed by atoms with van der Waals surface area (Å²) in [4.78, 5) is 11.7. The van der Waals surface area contributed by atoms with Crippen molar-refractivity contribution < 1.29 is 0 Å². The molecule has 0 atom stereocenters. The molecule has 0 unspecified atom stereocenters. The Hall–Kier alpha value is -0.570. The molecule has 1 heterocycles. The van der Waals surface area contributed by atoms with Crippen molar-refractivity contribution in [3.8, 4) is 0 Å². The molecular weight excluding hydrogens is 254 g/mol.